The van der Waals surface area contributed by atoms with Gasteiger partial charge in [0.15, 0.2) is 5.79 Å². The van der Waals surface area contributed by atoms with Crippen molar-refractivity contribution in [1.82, 2.24) is 9.97 Å². The Balaban J connectivity index is 1.68. The van der Waals surface area contributed by atoms with Crippen LogP contribution in [0, 0.1) is 11.8 Å². The first kappa shape index (κ1) is 18.1. The quantitative estimate of drug-likeness (QED) is 0.876. The van der Waals surface area contributed by atoms with Crippen LogP contribution >= 0.6 is 0 Å². The van der Waals surface area contributed by atoms with E-state index in [1.807, 2.05) is 6.20 Å². The molecule has 1 spiro atoms. The first-order chi connectivity index (χ1) is 13.7. The molecule has 2 fully saturated rings. The number of hydrogen-bond acceptors (Lipinski definition) is 5. The van der Waals surface area contributed by atoms with Crippen LogP contribution in [-0.4, -0.2) is 35.5 Å². The highest BCUT2D eigenvalue weighted by atomic mass is 16.7. The molecule has 3 atom stereocenters. The van der Waals surface area contributed by atoms with E-state index in [-0.39, 0.29) is 5.41 Å². The first-order valence-electron chi connectivity index (χ1n) is 10.6. The Morgan fingerprint density at radius 2 is 1.93 bits per heavy atom. The third-order valence-corrected chi connectivity index (χ3v) is 7.21. The van der Waals surface area contributed by atoms with Crippen LogP contribution in [0.25, 0.3) is 0 Å². The molecular formula is C23H29N3O2. The van der Waals surface area contributed by atoms with Crippen LogP contribution in [0.3, 0.4) is 0 Å². The summed E-state index contributed by atoms with van der Waals surface area (Å²) >= 11 is 0. The molecule has 0 amide bonds. The zero-order chi connectivity index (χ0) is 19.2. The molecule has 0 bridgehead atoms. The minimum Gasteiger partial charge on any atom is -0.354 e. The molecule has 28 heavy (non-hydrogen) atoms. The Labute approximate surface area is 166 Å². The van der Waals surface area contributed by atoms with Crippen LogP contribution in [0.4, 0.5) is 5.95 Å². The fourth-order valence-corrected chi connectivity index (χ4v) is 5.95. The average molecular weight is 380 g/mol. The summed E-state index contributed by atoms with van der Waals surface area (Å²) in [4.78, 5) is 9.64. The molecule has 1 aromatic carbocycles. The van der Waals surface area contributed by atoms with Gasteiger partial charge in [-0.1, -0.05) is 37.3 Å². The number of anilines is 1. The van der Waals surface area contributed by atoms with Crippen molar-refractivity contribution in [2.24, 2.45) is 11.8 Å². The van der Waals surface area contributed by atoms with Crippen molar-refractivity contribution in [2.75, 3.05) is 25.1 Å². The summed E-state index contributed by atoms with van der Waals surface area (Å²) in [6, 6.07) is 11.0. The predicted molar refractivity (Wildman–Crippen MR) is 108 cm³/mol. The lowest BCUT2D eigenvalue weighted by atomic mass is 9.52. The molecule has 2 aliphatic carbocycles. The fourth-order valence-electron chi connectivity index (χ4n) is 5.95. The molecule has 0 radical (unpaired) electrons. The highest BCUT2D eigenvalue weighted by molar-refractivity contribution is 5.46. The Hall–Kier alpha value is -1.98. The van der Waals surface area contributed by atoms with Gasteiger partial charge in [0.2, 0.25) is 5.95 Å². The maximum Gasteiger partial charge on any atom is 0.222 e. The third kappa shape index (κ3) is 2.52. The fraction of sp³-hybridized carbons (Fsp3) is 0.565. The van der Waals surface area contributed by atoms with E-state index in [1.165, 1.54) is 16.8 Å². The maximum atomic E-state index is 6.21. The van der Waals surface area contributed by atoms with Gasteiger partial charge in [-0.05, 0) is 43.2 Å². The molecule has 1 aliphatic heterocycles. The monoisotopic (exact) mass is 379 g/mol. The minimum absolute atomic E-state index is 0.109. The van der Waals surface area contributed by atoms with E-state index < -0.39 is 5.79 Å². The van der Waals surface area contributed by atoms with Crippen molar-refractivity contribution in [3.8, 4) is 0 Å². The SMILES string of the molecule is CCNc1ncc2c(n1)C1(c3ccccc3)CCC3(OCCO3)C(C)C1CC2. The van der Waals surface area contributed by atoms with Crippen molar-refractivity contribution in [3.05, 3.63) is 53.3 Å². The van der Waals surface area contributed by atoms with Gasteiger partial charge in [-0.3, -0.25) is 0 Å². The van der Waals surface area contributed by atoms with Gasteiger partial charge in [0, 0.05) is 30.5 Å². The molecule has 5 nitrogen and oxygen atoms in total. The Bertz CT molecular complexity index is 850. The second kappa shape index (κ2) is 6.82. The second-order valence-corrected chi connectivity index (χ2v) is 8.38. The molecule has 5 heteroatoms. The number of fused-ring (bicyclic) bond motifs is 3. The average Bonchev–Trinajstić information content (AvgIpc) is 3.21. The second-order valence-electron chi connectivity index (χ2n) is 8.38. The predicted octanol–water partition coefficient (Wildman–Crippen LogP) is 3.93. The van der Waals surface area contributed by atoms with Crippen molar-refractivity contribution in [3.63, 3.8) is 0 Å². The maximum absolute atomic E-state index is 6.21. The zero-order valence-corrected chi connectivity index (χ0v) is 16.8. The van der Waals surface area contributed by atoms with Crippen LogP contribution in [-0.2, 0) is 21.3 Å². The Kier molecular flexibility index (Phi) is 4.40. The van der Waals surface area contributed by atoms with Gasteiger partial charge in [0.25, 0.3) is 0 Å². The number of ether oxygens (including phenoxy) is 2. The standard InChI is InChI=1S/C23H29N3O2/c1-3-24-21-25-15-17-9-10-19-16(2)23(27-13-14-28-23)12-11-22(19,20(17)26-21)18-7-5-4-6-8-18/h4-8,15-16,19H,3,9-14H2,1-2H3,(H,24,25,26). The summed E-state index contributed by atoms with van der Waals surface area (Å²) in [5.41, 5.74) is 3.75. The van der Waals surface area contributed by atoms with Gasteiger partial charge in [-0.25, -0.2) is 9.97 Å². The molecule has 2 heterocycles. The summed E-state index contributed by atoms with van der Waals surface area (Å²) in [6.45, 7) is 6.64. The molecule has 1 N–H and O–H groups in total. The number of nitrogens with one attached hydrogen (secondary N) is 1. The third-order valence-electron chi connectivity index (χ3n) is 7.21. The summed E-state index contributed by atoms with van der Waals surface area (Å²) in [7, 11) is 0. The highest BCUT2D eigenvalue weighted by Gasteiger charge is 2.60. The molecule has 1 saturated carbocycles. The van der Waals surface area contributed by atoms with Crippen molar-refractivity contribution >= 4 is 5.95 Å². The van der Waals surface area contributed by atoms with E-state index in [0.29, 0.717) is 25.0 Å². The van der Waals surface area contributed by atoms with Crippen molar-refractivity contribution < 1.29 is 9.47 Å². The van der Waals surface area contributed by atoms with E-state index in [9.17, 15) is 0 Å². The molecule has 3 unspecified atom stereocenters. The topological polar surface area (TPSA) is 56.3 Å². The molecule has 3 aliphatic rings. The lowest BCUT2D eigenvalue weighted by Crippen LogP contribution is -2.57. The molecule has 2 aromatic rings. The van der Waals surface area contributed by atoms with Gasteiger partial charge < -0.3 is 14.8 Å². The zero-order valence-electron chi connectivity index (χ0n) is 16.8. The summed E-state index contributed by atoms with van der Waals surface area (Å²) in [5.74, 6) is 1.06. The van der Waals surface area contributed by atoms with E-state index in [0.717, 1.165) is 38.2 Å². The van der Waals surface area contributed by atoms with Gasteiger partial charge in [0.1, 0.15) is 0 Å². The molecule has 1 aromatic heterocycles. The lowest BCUT2D eigenvalue weighted by molar-refractivity contribution is -0.232. The van der Waals surface area contributed by atoms with Gasteiger partial charge in [-0.15, -0.1) is 0 Å². The molecule has 148 valence electrons. The number of aryl methyl sites for hydroxylation is 1. The molecule has 5 rings (SSSR count). The van der Waals surface area contributed by atoms with E-state index in [1.54, 1.807) is 0 Å². The van der Waals surface area contributed by atoms with Gasteiger partial charge >= 0.3 is 0 Å². The highest BCUT2D eigenvalue weighted by Crippen LogP contribution is 2.59. The number of nitrogens with zero attached hydrogens (tertiary/aromatic N) is 2. The van der Waals surface area contributed by atoms with Gasteiger partial charge in [0.05, 0.1) is 18.9 Å². The van der Waals surface area contributed by atoms with Crippen LogP contribution in [0.5, 0.6) is 0 Å². The van der Waals surface area contributed by atoms with Crippen molar-refractivity contribution in [1.29, 1.82) is 0 Å². The van der Waals surface area contributed by atoms with Crippen molar-refractivity contribution in [2.45, 2.75) is 50.7 Å². The summed E-state index contributed by atoms with van der Waals surface area (Å²) < 4.78 is 12.4. The first-order valence-corrected chi connectivity index (χ1v) is 10.6. The van der Waals surface area contributed by atoms with E-state index in [4.69, 9.17) is 14.5 Å². The van der Waals surface area contributed by atoms with Crippen LogP contribution < -0.4 is 5.32 Å². The normalized spacial score (nSPS) is 30.6. The molecule has 1 saturated heterocycles. The Morgan fingerprint density at radius 3 is 2.68 bits per heavy atom. The largest absolute Gasteiger partial charge is 0.354 e. The van der Waals surface area contributed by atoms with Crippen LogP contribution in [0.15, 0.2) is 36.5 Å². The Morgan fingerprint density at radius 1 is 1.14 bits per heavy atom. The number of aromatic nitrogens is 2. The summed E-state index contributed by atoms with van der Waals surface area (Å²) in [5, 5.41) is 3.31. The minimum atomic E-state index is -0.419. The number of hydrogen-bond donors (Lipinski definition) is 1. The van der Waals surface area contributed by atoms with Gasteiger partial charge in [-0.2, -0.15) is 0 Å². The smallest absolute Gasteiger partial charge is 0.222 e. The molecular weight excluding hydrogens is 350 g/mol. The number of rotatable bonds is 3. The number of benzene rings is 1. The van der Waals surface area contributed by atoms with Crippen LogP contribution in [0.1, 0.15) is 49.9 Å². The lowest BCUT2D eigenvalue weighted by Gasteiger charge is -2.55. The van der Waals surface area contributed by atoms with Crippen LogP contribution in [0.2, 0.25) is 0 Å². The summed E-state index contributed by atoms with van der Waals surface area (Å²) in [6.07, 6.45) is 6.06. The van der Waals surface area contributed by atoms with E-state index in [2.05, 4.69) is 54.5 Å². The van der Waals surface area contributed by atoms with E-state index >= 15 is 0 Å².